The highest BCUT2D eigenvalue weighted by Gasteiger charge is 2.13. The minimum Gasteiger partial charge on any atom is -0.463 e. The molecule has 0 N–H and O–H groups in total. The average Bonchev–Trinajstić information content (AvgIpc) is 2.47. The van der Waals surface area contributed by atoms with Crippen LogP contribution in [0, 0.1) is 6.92 Å². The van der Waals surface area contributed by atoms with Crippen LogP contribution in [0.1, 0.15) is 51.5 Å². The van der Waals surface area contributed by atoms with Crippen molar-refractivity contribution in [2.75, 3.05) is 0 Å². The number of carbonyl (C=O) groups excluding carboxylic acids is 2. The van der Waals surface area contributed by atoms with E-state index in [4.69, 9.17) is 21.1 Å². The van der Waals surface area contributed by atoms with Crippen LogP contribution < -0.4 is 4.74 Å². The Labute approximate surface area is 136 Å². The largest absolute Gasteiger partial charge is 0.463 e. The zero-order valence-electron chi connectivity index (χ0n) is 13.4. The van der Waals surface area contributed by atoms with Crippen molar-refractivity contribution in [3.05, 3.63) is 28.8 Å². The van der Waals surface area contributed by atoms with E-state index in [1.54, 1.807) is 18.2 Å². The molecule has 22 heavy (non-hydrogen) atoms. The maximum absolute atomic E-state index is 11.7. The van der Waals surface area contributed by atoms with Gasteiger partial charge in [0.05, 0.1) is 18.9 Å². The lowest BCUT2D eigenvalue weighted by Crippen LogP contribution is -2.17. The molecule has 0 radical (unpaired) electrons. The van der Waals surface area contributed by atoms with Gasteiger partial charge in [-0.25, -0.2) is 0 Å². The lowest BCUT2D eigenvalue weighted by molar-refractivity contribution is -0.151. The lowest BCUT2D eigenvalue weighted by atomic mass is 10.2. The second kappa shape index (κ2) is 9.46. The number of aryl methyl sites for hydroxylation is 1. The highest BCUT2D eigenvalue weighted by molar-refractivity contribution is 6.31. The summed E-state index contributed by atoms with van der Waals surface area (Å²) in [6.45, 7) is 5.78. The summed E-state index contributed by atoms with van der Waals surface area (Å²) < 4.78 is 10.4. The molecule has 0 aliphatic heterocycles. The summed E-state index contributed by atoms with van der Waals surface area (Å²) in [6, 6.07) is 4.98. The van der Waals surface area contributed by atoms with Crippen molar-refractivity contribution in [2.45, 2.75) is 59.0 Å². The van der Waals surface area contributed by atoms with E-state index in [0.29, 0.717) is 10.8 Å². The summed E-state index contributed by atoms with van der Waals surface area (Å²) in [5.74, 6) is -0.399. The monoisotopic (exact) mass is 326 g/mol. The molecule has 1 aromatic rings. The topological polar surface area (TPSA) is 52.6 Å². The SMILES string of the molecule is CCCCC(C)OC(=O)CCC(=O)Oc1ccc(Cl)c(C)c1. The van der Waals surface area contributed by atoms with E-state index < -0.39 is 5.97 Å². The summed E-state index contributed by atoms with van der Waals surface area (Å²) in [7, 11) is 0. The van der Waals surface area contributed by atoms with Crippen LogP contribution in [0.5, 0.6) is 5.75 Å². The van der Waals surface area contributed by atoms with Gasteiger partial charge in [-0.1, -0.05) is 31.4 Å². The first-order valence-electron chi connectivity index (χ1n) is 7.58. The summed E-state index contributed by atoms with van der Waals surface area (Å²) in [5.41, 5.74) is 0.830. The number of halogens is 1. The first-order chi connectivity index (χ1) is 10.4. The molecule has 0 amide bonds. The molecule has 0 bridgehead atoms. The van der Waals surface area contributed by atoms with Crippen molar-refractivity contribution in [1.82, 2.24) is 0 Å². The first kappa shape index (κ1) is 18.5. The summed E-state index contributed by atoms with van der Waals surface area (Å²) >= 11 is 5.90. The average molecular weight is 327 g/mol. The predicted molar refractivity (Wildman–Crippen MR) is 86.1 cm³/mol. The van der Waals surface area contributed by atoms with Crippen LogP contribution in [0.25, 0.3) is 0 Å². The van der Waals surface area contributed by atoms with Crippen molar-refractivity contribution in [3.8, 4) is 5.75 Å². The second-order valence-electron chi connectivity index (χ2n) is 5.33. The minimum atomic E-state index is -0.458. The molecular formula is C17H23ClO4. The highest BCUT2D eigenvalue weighted by Crippen LogP contribution is 2.21. The number of hydrogen-bond acceptors (Lipinski definition) is 4. The van der Waals surface area contributed by atoms with Gasteiger partial charge >= 0.3 is 11.9 Å². The van der Waals surface area contributed by atoms with E-state index in [1.165, 1.54) is 0 Å². The molecule has 1 aromatic carbocycles. The van der Waals surface area contributed by atoms with E-state index in [1.807, 2.05) is 13.8 Å². The summed E-state index contributed by atoms with van der Waals surface area (Å²) in [6.07, 6.45) is 2.85. The third-order valence-electron chi connectivity index (χ3n) is 3.19. The lowest BCUT2D eigenvalue weighted by Gasteiger charge is -2.12. The molecule has 0 aromatic heterocycles. The van der Waals surface area contributed by atoms with Crippen LogP contribution in [-0.4, -0.2) is 18.0 Å². The van der Waals surface area contributed by atoms with Crippen molar-refractivity contribution < 1.29 is 19.1 Å². The van der Waals surface area contributed by atoms with Crippen molar-refractivity contribution in [3.63, 3.8) is 0 Å². The van der Waals surface area contributed by atoms with Crippen LogP contribution in [0.4, 0.5) is 0 Å². The quantitative estimate of drug-likeness (QED) is 0.523. The fourth-order valence-electron chi connectivity index (χ4n) is 1.90. The number of hydrogen-bond donors (Lipinski definition) is 0. The van der Waals surface area contributed by atoms with E-state index in [2.05, 4.69) is 6.92 Å². The summed E-state index contributed by atoms with van der Waals surface area (Å²) in [5, 5.41) is 0.615. The second-order valence-corrected chi connectivity index (χ2v) is 5.73. The first-order valence-corrected chi connectivity index (χ1v) is 7.96. The maximum atomic E-state index is 11.7. The Morgan fingerprint density at radius 3 is 2.55 bits per heavy atom. The molecule has 0 aliphatic carbocycles. The molecule has 0 heterocycles. The fraction of sp³-hybridized carbons (Fsp3) is 0.529. The van der Waals surface area contributed by atoms with Gasteiger partial charge in [0.15, 0.2) is 0 Å². The van der Waals surface area contributed by atoms with Gasteiger partial charge in [-0.3, -0.25) is 9.59 Å². The van der Waals surface area contributed by atoms with Gasteiger partial charge in [0, 0.05) is 5.02 Å². The summed E-state index contributed by atoms with van der Waals surface area (Å²) in [4.78, 5) is 23.3. The van der Waals surface area contributed by atoms with Gasteiger partial charge in [0.2, 0.25) is 0 Å². The van der Waals surface area contributed by atoms with Gasteiger partial charge in [-0.05, 0) is 44.0 Å². The maximum Gasteiger partial charge on any atom is 0.311 e. The normalized spacial score (nSPS) is 11.8. The van der Waals surface area contributed by atoms with E-state index in [9.17, 15) is 9.59 Å². The fourth-order valence-corrected chi connectivity index (χ4v) is 2.02. The Bertz CT molecular complexity index is 513. The minimum absolute atomic E-state index is 0.000997. The number of rotatable bonds is 8. The molecule has 0 saturated heterocycles. The smallest absolute Gasteiger partial charge is 0.311 e. The zero-order chi connectivity index (χ0) is 16.5. The van der Waals surface area contributed by atoms with Gasteiger partial charge in [0.1, 0.15) is 5.75 Å². The Balaban J connectivity index is 2.33. The molecule has 4 nitrogen and oxygen atoms in total. The van der Waals surface area contributed by atoms with Gasteiger partial charge in [0.25, 0.3) is 0 Å². The van der Waals surface area contributed by atoms with Crippen LogP contribution in [0.2, 0.25) is 5.02 Å². The predicted octanol–water partition coefficient (Wildman–Crippen LogP) is 4.46. The molecule has 0 saturated carbocycles. The van der Waals surface area contributed by atoms with Gasteiger partial charge in [-0.15, -0.1) is 0 Å². The van der Waals surface area contributed by atoms with Crippen molar-refractivity contribution in [1.29, 1.82) is 0 Å². The van der Waals surface area contributed by atoms with Crippen molar-refractivity contribution in [2.24, 2.45) is 0 Å². The Hall–Kier alpha value is -1.55. The van der Waals surface area contributed by atoms with Crippen LogP contribution >= 0.6 is 11.6 Å². The van der Waals surface area contributed by atoms with E-state index in [0.717, 1.165) is 24.8 Å². The van der Waals surface area contributed by atoms with Gasteiger partial charge in [-0.2, -0.15) is 0 Å². The van der Waals surface area contributed by atoms with E-state index >= 15 is 0 Å². The molecule has 1 rings (SSSR count). The molecule has 5 heteroatoms. The number of unbranched alkanes of at least 4 members (excludes halogenated alkanes) is 1. The van der Waals surface area contributed by atoms with E-state index in [-0.39, 0.29) is 24.9 Å². The van der Waals surface area contributed by atoms with Crippen LogP contribution in [-0.2, 0) is 14.3 Å². The molecule has 0 spiro atoms. The Morgan fingerprint density at radius 1 is 1.23 bits per heavy atom. The molecule has 1 unspecified atom stereocenters. The Kier molecular flexibility index (Phi) is 7.96. The number of ether oxygens (including phenoxy) is 2. The molecular weight excluding hydrogens is 304 g/mol. The molecule has 122 valence electrons. The Morgan fingerprint density at radius 2 is 1.91 bits per heavy atom. The van der Waals surface area contributed by atoms with Crippen LogP contribution in [0.15, 0.2) is 18.2 Å². The molecule has 0 fully saturated rings. The standard InChI is InChI=1S/C17H23ClO4/c1-4-5-6-13(3)21-16(19)9-10-17(20)22-14-7-8-15(18)12(2)11-14/h7-8,11,13H,4-6,9-10H2,1-3H3. The molecule has 0 aliphatic rings. The van der Waals surface area contributed by atoms with Gasteiger partial charge < -0.3 is 9.47 Å². The number of esters is 2. The number of benzene rings is 1. The zero-order valence-corrected chi connectivity index (χ0v) is 14.1. The third-order valence-corrected chi connectivity index (χ3v) is 3.62. The third kappa shape index (κ3) is 6.94. The molecule has 1 atom stereocenters. The highest BCUT2D eigenvalue weighted by atomic mass is 35.5. The number of carbonyl (C=O) groups is 2. The van der Waals surface area contributed by atoms with Crippen molar-refractivity contribution >= 4 is 23.5 Å². The van der Waals surface area contributed by atoms with Crippen LogP contribution in [0.3, 0.4) is 0 Å².